The molecule has 2 N–H and O–H groups in total. The Hall–Kier alpha value is -3.42. The number of hydrogen-bond acceptors (Lipinski definition) is 4. The van der Waals surface area contributed by atoms with Gasteiger partial charge in [0.1, 0.15) is 0 Å². The molecule has 5 rings (SSSR count). The molecule has 8 nitrogen and oxygen atoms in total. The number of aromatic nitrogens is 5. The van der Waals surface area contributed by atoms with Gasteiger partial charge in [-0.15, -0.1) is 0 Å². The molecule has 37 heavy (non-hydrogen) atoms. The van der Waals surface area contributed by atoms with Gasteiger partial charge in [0.05, 0.1) is 23.7 Å². The molecule has 0 radical (unpaired) electrons. The topological polar surface area (TPSA) is 97.6 Å². The van der Waals surface area contributed by atoms with E-state index < -0.39 is 0 Å². The first-order valence-electron chi connectivity index (χ1n) is 13.2. The summed E-state index contributed by atoms with van der Waals surface area (Å²) in [6.45, 7) is 11.5. The van der Waals surface area contributed by atoms with Gasteiger partial charge in [0.2, 0.25) is 5.91 Å². The van der Waals surface area contributed by atoms with E-state index in [1.807, 2.05) is 28.8 Å². The van der Waals surface area contributed by atoms with Gasteiger partial charge in [0, 0.05) is 36.6 Å². The summed E-state index contributed by atoms with van der Waals surface area (Å²) in [6, 6.07) is 10.1. The highest BCUT2D eigenvalue weighted by molar-refractivity contribution is 5.83. The Bertz CT molecular complexity index is 1520. The van der Waals surface area contributed by atoms with Gasteiger partial charge in [-0.25, -0.2) is 9.78 Å². The van der Waals surface area contributed by atoms with Crippen LogP contribution in [0.1, 0.15) is 71.1 Å². The third kappa shape index (κ3) is 5.06. The highest BCUT2D eigenvalue weighted by Gasteiger charge is 2.38. The van der Waals surface area contributed by atoms with Crippen molar-refractivity contribution in [2.24, 2.45) is 17.9 Å². The summed E-state index contributed by atoms with van der Waals surface area (Å²) in [5.74, 6) is 0.257. The van der Waals surface area contributed by atoms with Crippen molar-refractivity contribution in [3.05, 3.63) is 58.3 Å². The molecule has 4 aromatic rings. The second-order valence-electron chi connectivity index (χ2n) is 12.6. The minimum atomic E-state index is -0.0298. The number of hydrogen-bond donors (Lipinski definition) is 2. The number of H-pyrrole nitrogens is 1. The normalized spacial score (nSPS) is 19.9. The summed E-state index contributed by atoms with van der Waals surface area (Å²) in [4.78, 5) is 31.0. The van der Waals surface area contributed by atoms with Crippen molar-refractivity contribution >= 4 is 28.0 Å². The van der Waals surface area contributed by atoms with Crippen molar-refractivity contribution in [2.75, 3.05) is 0 Å². The zero-order chi connectivity index (χ0) is 26.5. The maximum absolute atomic E-state index is 13.1. The van der Waals surface area contributed by atoms with Crippen molar-refractivity contribution in [1.29, 1.82) is 0 Å². The quantitative estimate of drug-likeness (QED) is 0.414. The second kappa shape index (κ2) is 9.15. The van der Waals surface area contributed by atoms with Crippen LogP contribution in [0.25, 0.3) is 22.1 Å². The number of pyridine rings is 1. The highest BCUT2D eigenvalue weighted by atomic mass is 16.2. The van der Waals surface area contributed by atoms with E-state index in [9.17, 15) is 9.59 Å². The maximum atomic E-state index is 13.1. The van der Waals surface area contributed by atoms with Gasteiger partial charge in [-0.05, 0) is 53.9 Å². The SMILES string of the molecule is Cn1c(=O)n(CC(C)(C)C)c2ccc(C3CCC(C)(C)C(NC(=O)Cc4ccc5cn[nH]c5c4)C3)nc21. The molecular weight excluding hydrogens is 464 g/mol. The number of aryl methyl sites for hydroxylation is 1. The third-order valence-electron chi connectivity index (χ3n) is 7.86. The lowest BCUT2D eigenvalue weighted by atomic mass is 9.68. The van der Waals surface area contributed by atoms with Crippen molar-refractivity contribution in [3.63, 3.8) is 0 Å². The molecule has 1 aromatic carbocycles. The Balaban J connectivity index is 1.34. The van der Waals surface area contributed by atoms with Crippen LogP contribution in [0, 0.1) is 10.8 Å². The fourth-order valence-corrected chi connectivity index (χ4v) is 5.63. The van der Waals surface area contributed by atoms with E-state index in [0.717, 1.165) is 52.6 Å². The number of nitrogens with one attached hydrogen (secondary N) is 2. The first kappa shape index (κ1) is 25.2. The van der Waals surface area contributed by atoms with Crippen LogP contribution in [-0.4, -0.2) is 36.3 Å². The van der Waals surface area contributed by atoms with Crippen LogP contribution in [0.2, 0.25) is 0 Å². The fraction of sp³-hybridized carbons (Fsp3) is 0.517. The summed E-state index contributed by atoms with van der Waals surface area (Å²) in [5, 5.41) is 11.4. The van der Waals surface area contributed by atoms with Crippen LogP contribution >= 0.6 is 0 Å². The smallest absolute Gasteiger partial charge is 0.330 e. The zero-order valence-electron chi connectivity index (χ0n) is 22.8. The molecular formula is C29H38N6O2. The van der Waals surface area contributed by atoms with Gasteiger partial charge in [-0.3, -0.25) is 19.0 Å². The molecule has 1 fully saturated rings. The average Bonchev–Trinajstić information content (AvgIpc) is 3.38. The van der Waals surface area contributed by atoms with Crippen LogP contribution in [0.15, 0.2) is 41.3 Å². The molecule has 1 aliphatic carbocycles. The predicted molar refractivity (Wildman–Crippen MR) is 147 cm³/mol. The Morgan fingerprint density at radius 3 is 2.76 bits per heavy atom. The molecule has 2 unspecified atom stereocenters. The number of amides is 1. The molecule has 3 aromatic heterocycles. The molecule has 0 bridgehead atoms. The summed E-state index contributed by atoms with van der Waals surface area (Å²) in [5.41, 5.74) is 4.46. The van der Waals surface area contributed by atoms with Crippen molar-refractivity contribution in [1.82, 2.24) is 29.6 Å². The Morgan fingerprint density at radius 2 is 2.00 bits per heavy atom. The molecule has 0 saturated heterocycles. The number of rotatable bonds is 5. The molecule has 8 heteroatoms. The zero-order valence-corrected chi connectivity index (χ0v) is 22.8. The van der Waals surface area contributed by atoms with Gasteiger partial charge in [0.15, 0.2) is 5.65 Å². The molecule has 2 atom stereocenters. The van der Waals surface area contributed by atoms with Gasteiger partial charge in [-0.2, -0.15) is 5.10 Å². The van der Waals surface area contributed by atoms with E-state index in [1.54, 1.807) is 17.8 Å². The van der Waals surface area contributed by atoms with Gasteiger partial charge in [0.25, 0.3) is 0 Å². The number of fused-ring (bicyclic) bond motifs is 2. The summed E-state index contributed by atoms with van der Waals surface area (Å²) >= 11 is 0. The van der Waals surface area contributed by atoms with E-state index in [4.69, 9.17) is 4.98 Å². The minimum Gasteiger partial charge on any atom is -0.353 e. The van der Waals surface area contributed by atoms with Gasteiger partial charge < -0.3 is 5.32 Å². The molecule has 0 spiro atoms. The predicted octanol–water partition coefficient (Wildman–Crippen LogP) is 4.68. The summed E-state index contributed by atoms with van der Waals surface area (Å²) in [6.07, 6.45) is 4.94. The second-order valence-corrected chi connectivity index (χ2v) is 12.6. The number of carbonyl (C=O) groups is 1. The van der Waals surface area contributed by atoms with Crippen LogP contribution in [0.3, 0.4) is 0 Å². The van der Waals surface area contributed by atoms with Crippen LogP contribution in [0.4, 0.5) is 0 Å². The number of imidazole rings is 1. The summed E-state index contributed by atoms with van der Waals surface area (Å²) in [7, 11) is 1.80. The van der Waals surface area contributed by atoms with Crippen LogP contribution < -0.4 is 11.0 Å². The van der Waals surface area contributed by atoms with E-state index in [-0.39, 0.29) is 34.4 Å². The summed E-state index contributed by atoms with van der Waals surface area (Å²) < 4.78 is 3.49. The first-order chi connectivity index (χ1) is 17.4. The number of benzene rings is 1. The fourth-order valence-electron chi connectivity index (χ4n) is 5.63. The standard InChI is InChI=1S/C29H38N6O2/c1-28(2,3)17-35-23-10-9-21(31-26(23)34(6)27(35)37)19-11-12-29(4,5)24(15-19)32-25(36)14-18-7-8-20-16-30-33-22(20)13-18/h7-10,13,16,19,24H,11-12,14-15,17H2,1-6H3,(H,30,33)(H,32,36). The van der Waals surface area contributed by atoms with Crippen LogP contribution in [0.5, 0.6) is 0 Å². The lowest BCUT2D eigenvalue weighted by Crippen LogP contribution is -2.48. The largest absolute Gasteiger partial charge is 0.353 e. The minimum absolute atomic E-state index is 0.00746. The lowest BCUT2D eigenvalue weighted by molar-refractivity contribution is -0.122. The maximum Gasteiger partial charge on any atom is 0.330 e. The first-order valence-corrected chi connectivity index (χ1v) is 13.2. The lowest BCUT2D eigenvalue weighted by Gasteiger charge is -2.42. The Kier molecular flexibility index (Phi) is 6.24. The van der Waals surface area contributed by atoms with E-state index in [2.05, 4.69) is 56.2 Å². The Labute approximate surface area is 217 Å². The third-order valence-corrected chi connectivity index (χ3v) is 7.86. The molecule has 1 aliphatic rings. The molecule has 196 valence electrons. The number of aromatic amines is 1. The van der Waals surface area contributed by atoms with Crippen molar-refractivity contribution in [3.8, 4) is 0 Å². The highest BCUT2D eigenvalue weighted by Crippen LogP contribution is 2.42. The number of nitrogens with zero attached hydrogens (tertiary/aromatic N) is 4. The van der Waals surface area contributed by atoms with Crippen molar-refractivity contribution in [2.45, 2.75) is 78.8 Å². The number of carbonyl (C=O) groups excluding carboxylic acids is 1. The average molecular weight is 503 g/mol. The van der Waals surface area contributed by atoms with Gasteiger partial charge >= 0.3 is 5.69 Å². The molecule has 3 heterocycles. The molecule has 0 aliphatic heterocycles. The van der Waals surface area contributed by atoms with E-state index >= 15 is 0 Å². The Morgan fingerprint density at radius 1 is 1.22 bits per heavy atom. The molecule has 1 saturated carbocycles. The van der Waals surface area contributed by atoms with E-state index in [0.29, 0.717) is 13.0 Å². The monoisotopic (exact) mass is 502 g/mol. The van der Waals surface area contributed by atoms with Gasteiger partial charge in [-0.1, -0.05) is 46.8 Å². The molecule has 1 amide bonds. The van der Waals surface area contributed by atoms with Crippen LogP contribution in [-0.2, 0) is 24.8 Å². The van der Waals surface area contributed by atoms with Crippen molar-refractivity contribution < 1.29 is 4.79 Å². The van der Waals surface area contributed by atoms with E-state index in [1.165, 1.54) is 0 Å².